The molecule has 2 amide bonds. The van der Waals surface area contributed by atoms with E-state index in [1.165, 1.54) is 0 Å². The van der Waals surface area contributed by atoms with Gasteiger partial charge in [-0.15, -0.1) is 0 Å². The van der Waals surface area contributed by atoms with Gasteiger partial charge in [0.25, 0.3) is 0 Å². The quantitative estimate of drug-likeness (QED) is 0.694. The molecule has 1 aliphatic heterocycles. The summed E-state index contributed by atoms with van der Waals surface area (Å²) in [6.45, 7) is 1.66. The first-order chi connectivity index (χ1) is 7.18. The molecule has 2 N–H and O–H groups in total. The molecule has 1 aromatic rings. The van der Waals surface area contributed by atoms with Crippen molar-refractivity contribution in [3.63, 3.8) is 0 Å². The molecule has 2 rings (SSSR count). The number of piperazine rings is 1. The van der Waals surface area contributed by atoms with Crippen LogP contribution in [-0.4, -0.2) is 17.9 Å². The Morgan fingerprint density at radius 1 is 1.00 bits per heavy atom. The maximum absolute atomic E-state index is 11.6. The van der Waals surface area contributed by atoms with Crippen LogP contribution < -0.4 is 10.6 Å². The Kier molecular flexibility index (Phi) is 2.41. The van der Waals surface area contributed by atoms with E-state index in [0.717, 1.165) is 5.56 Å². The van der Waals surface area contributed by atoms with E-state index in [1.807, 2.05) is 30.3 Å². The molecule has 2 atom stereocenters. The predicted molar refractivity (Wildman–Crippen MR) is 54.9 cm³/mol. The van der Waals surface area contributed by atoms with Gasteiger partial charge in [0.05, 0.1) is 0 Å². The highest BCUT2D eigenvalue weighted by Gasteiger charge is 2.31. The molecule has 0 bridgehead atoms. The first kappa shape index (κ1) is 9.71. The standard InChI is InChI=1S/C11H12N2O2/c1-7-10(14)13-9(11(15)12-7)8-5-3-2-4-6-8/h2-7,9H,1H3,(H,12,15)(H,13,14)/t7-,9+/m0/s1. The van der Waals surface area contributed by atoms with Gasteiger partial charge in [-0.2, -0.15) is 0 Å². The molecule has 1 aliphatic rings. The summed E-state index contributed by atoms with van der Waals surface area (Å²) < 4.78 is 0. The largest absolute Gasteiger partial charge is 0.342 e. The second-order valence-corrected chi connectivity index (χ2v) is 3.58. The number of benzene rings is 1. The zero-order valence-corrected chi connectivity index (χ0v) is 8.36. The molecule has 0 radical (unpaired) electrons. The average Bonchev–Trinajstić information content (AvgIpc) is 2.25. The first-order valence-electron chi connectivity index (χ1n) is 4.84. The van der Waals surface area contributed by atoms with Crippen molar-refractivity contribution in [3.8, 4) is 0 Å². The van der Waals surface area contributed by atoms with Crippen LogP contribution >= 0.6 is 0 Å². The molecule has 0 saturated carbocycles. The minimum Gasteiger partial charge on any atom is -0.342 e. The molecule has 4 nitrogen and oxygen atoms in total. The van der Waals surface area contributed by atoms with Crippen molar-refractivity contribution >= 4 is 11.8 Å². The Balaban J connectivity index is 2.24. The van der Waals surface area contributed by atoms with Gasteiger partial charge in [0, 0.05) is 0 Å². The zero-order valence-electron chi connectivity index (χ0n) is 8.36. The van der Waals surface area contributed by atoms with Gasteiger partial charge >= 0.3 is 0 Å². The van der Waals surface area contributed by atoms with Crippen LogP contribution in [0.5, 0.6) is 0 Å². The Morgan fingerprint density at radius 3 is 2.33 bits per heavy atom. The SMILES string of the molecule is C[C@@H]1NC(=O)[C@@H](c2ccccc2)NC1=O. The number of nitrogens with one attached hydrogen (secondary N) is 2. The van der Waals surface area contributed by atoms with E-state index in [9.17, 15) is 9.59 Å². The fourth-order valence-corrected chi connectivity index (χ4v) is 1.58. The van der Waals surface area contributed by atoms with Gasteiger partial charge in [0.15, 0.2) is 0 Å². The predicted octanol–water partition coefficient (Wildman–Crippen LogP) is 0.362. The Morgan fingerprint density at radius 2 is 1.67 bits per heavy atom. The van der Waals surface area contributed by atoms with Crippen LogP contribution in [0, 0.1) is 0 Å². The second-order valence-electron chi connectivity index (χ2n) is 3.58. The maximum atomic E-state index is 11.6. The van der Waals surface area contributed by atoms with E-state index in [-0.39, 0.29) is 11.8 Å². The number of hydrogen-bond acceptors (Lipinski definition) is 2. The molecule has 78 valence electrons. The monoisotopic (exact) mass is 204 g/mol. The third-order valence-electron chi connectivity index (χ3n) is 2.43. The highest BCUT2D eigenvalue weighted by atomic mass is 16.2. The summed E-state index contributed by atoms with van der Waals surface area (Å²) in [5.41, 5.74) is 0.801. The first-order valence-corrected chi connectivity index (χ1v) is 4.84. The van der Waals surface area contributed by atoms with Crippen LogP contribution in [0.3, 0.4) is 0 Å². The summed E-state index contributed by atoms with van der Waals surface area (Å²) in [5.74, 6) is -0.309. The van der Waals surface area contributed by atoms with E-state index < -0.39 is 12.1 Å². The molecule has 0 unspecified atom stereocenters. The summed E-state index contributed by atoms with van der Waals surface area (Å²) in [5, 5.41) is 5.31. The van der Waals surface area contributed by atoms with Crippen molar-refractivity contribution in [2.45, 2.75) is 19.0 Å². The van der Waals surface area contributed by atoms with E-state index in [0.29, 0.717) is 0 Å². The lowest BCUT2D eigenvalue weighted by atomic mass is 10.0. The number of carbonyl (C=O) groups excluding carboxylic acids is 2. The lowest BCUT2D eigenvalue weighted by Gasteiger charge is -2.27. The van der Waals surface area contributed by atoms with Gasteiger partial charge in [-0.05, 0) is 12.5 Å². The number of amides is 2. The Labute approximate surface area is 87.7 Å². The molecule has 0 aromatic heterocycles. The van der Waals surface area contributed by atoms with Gasteiger partial charge in [-0.25, -0.2) is 0 Å². The summed E-state index contributed by atoms with van der Waals surface area (Å²) >= 11 is 0. The van der Waals surface area contributed by atoms with Gasteiger partial charge in [0.2, 0.25) is 11.8 Å². The third-order valence-corrected chi connectivity index (χ3v) is 2.43. The summed E-state index contributed by atoms with van der Waals surface area (Å²) in [4.78, 5) is 23.0. The van der Waals surface area contributed by atoms with Gasteiger partial charge in [-0.1, -0.05) is 30.3 Å². The van der Waals surface area contributed by atoms with Crippen molar-refractivity contribution in [1.29, 1.82) is 0 Å². The molecule has 0 spiro atoms. The minimum atomic E-state index is -0.560. The topological polar surface area (TPSA) is 58.2 Å². The van der Waals surface area contributed by atoms with Crippen LogP contribution in [0.15, 0.2) is 30.3 Å². The highest BCUT2D eigenvalue weighted by molar-refractivity contribution is 5.97. The lowest BCUT2D eigenvalue weighted by Crippen LogP contribution is -2.56. The molecule has 4 heteroatoms. The van der Waals surface area contributed by atoms with Gasteiger partial charge in [0.1, 0.15) is 12.1 Å². The fraction of sp³-hybridized carbons (Fsp3) is 0.273. The van der Waals surface area contributed by atoms with Crippen LogP contribution in [0.1, 0.15) is 18.5 Å². The van der Waals surface area contributed by atoms with Crippen molar-refractivity contribution in [3.05, 3.63) is 35.9 Å². The lowest BCUT2D eigenvalue weighted by molar-refractivity contribution is -0.136. The Bertz CT molecular complexity index is 389. The van der Waals surface area contributed by atoms with Crippen LogP contribution in [0.25, 0.3) is 0 Å². The normalized spacial score (nSPS) is 25.7. The zero-order chi connectivity index (χ0) is 10.8. The maximum Gasteiger partial charge on any atom is 0.247 e. The molecular weight excluding hydrogens is 192 g/mol. The average molecular weight is 204 g/mol. The van der Waals surface area contributed by atoms with Crippen molar-refractivity contribution in [1.82, 2.24) is 10.6 Å². The van der Waals surface area contributed by atoms with Crippen LogP contribution in [0.4, 0.5) is 0 Å². The van der Waals surface area contributed by atoms with Crippen molar-refractivity contribution in [2.75, 3.05) is 0 Å². The van der Waals surface area contributed by atoms with Crippen LogP contribution in [-0.2, 0) is 9.59 Å². The molecule has 0 aliphatic carbocycles. The minimum absolute atomic E-state index is 0.150. The van der Waals surface area contributed by atoms with Crippen LogP contribution in [0.2, 0.25) is 0 Å². The van der Waals surface area contributed by atoms with E-state index in [4.69, 9.17) is 0 Å². The second kappa shape index (κ2) is 3.73. The molecule has 1 saturated heterocycles. The van der Waals surface area contributed by atoms with Crippen molar-refractivity contribution in [2.24, 2.45) is 0 Å². The number of rotatable bonds is 1. The summed E-state index contributed by atoms with van der Waals surface area (Å²) in [6.07, 6.45) is 0. The highest BCUT2D eigenvalue weighted by Crippen LogP contribution is 2.15. The van der Waals surface area contributed by atoms with E-state index >= 15 is 0 Å². The van der Waals surface area contributed by atoms with E-state index in [2.05, 4.69) is 10.6 Å². The molecule has 1 fully saturated rings. The number of hydrogen-bond donors (Lipinski definition) is 2. The summed E-state index contributed by atoms with van der Waals surface area (Å²) in [7, 11) is 0. The third kappa shape index (κ3) is 1.83. The van der Waals surface area contributed by atoms with E-state index in [1.54, 1.807) is 6.92 Å². The molecule has 1 heterocycles. The summed E-state index contributed by atoms with van der Waals surface area (Å²) in [6, 6.07) is 8.18. The van der Waals surface area contributed by atoms with Crippen molar-refractivity contribution < 1.29 is 9.59 Å². The molecular formula is C11H12N2O2. The fourth-order valence-electron chi connectivity index (χ4n) is 1.58. The smallest absolute Gasteiger partial charge is 0.247 e. The molecule has 15 heavy (non-hydrogen) atoms. The Hall–Kier alpha value is -1.84. The van der Waals surface area contributed by atoms with Gasteiger partial charge in [-0.3, -0.25) is 9.59 Å². The van der Waals surface area contributed by atoms with Gasteiger partial charge < -0.3 is 10.6 Å². The molecule has 1 aromatic carbocycles. The number of carbonyl (C=O) groups is 2.